The molecule has 0 saturated heterocycles. The summed E-state index contributed by atoms with van der Waals surface area (Å²) in [6.07, 6.45) is 0. The highest BCUT2D eigenvalue weighted by Gasteiger charge is 2.27. The highest BCUT2D eigenvalue weighted by atomic mass is 19.2. The maximum atomic E-state index is 13.8. The van der Waals surface area contributed by atoms with Gasteiger partial charge in [0.25, 0.3) is 0 Å². The number of rotatable bonds is 1. The summed E-state index contributed by atoms with van der Waals surface area (Å²) >= 11 is 0. The minimum absolute atomic E-state index is 0.299. The number of hydrogen-bond donors (Lipinski definition) is 1. The van der Waals surface area contributed by atoms with Gasteiger partial charge in [-0.2, -0.15) is 5.10 Å². The van der Waals surface area contributed by atoms with Crippen molar-refractivity contribution in [2.75, 3.05) is 0 Å². The van der Waals surface area contributed by atoms with E-state index in [0.717, 1.165) is 6.07 Å². The van der Waals surface area contributed by atoms with Crippen molar-refractivity contribution in [3.8, 4) is 17.0 Å². The SMILES string of the molecule is Cc1c(O)c(-c2c(F)ccc(F)c2F)nn1C(C)(C)C. The van der Waals surface area contributed by atoms with Gasteiger partial charge in [0.1, 0.15) is 11.5 Å². The summed E-state index contributed by atoms with van der Waals surface area (Å²) in [4.78, 5) is 0. The second kappa shape index (κ2) is 4.54. The van der Waals surface area contributed by atoms with E-state index in [1.54, 1.807) is 6.92 Å². The zero-order chi connectivity index (χ0) is 15.2. The third-order valence-corrected chi connectivity index (χ3v) is 3.00. The van der Waals surface area contributed by atoms with E-state index in [9.17, 15) is 18.3 Å². The Kier molecular flexibility index (Phi) is 3.28. The van der Waals surface area contributed by atoms with Crippen LogP contribution in [0.4, 0.5) is 13.2 Å². The zero-order valence-corrected chi connectivity index (χ0v) is 11.6. The van der Waals surface area contributed by atoms with E-state index in [4.69, 9.17) is 0 Å². The number of halogens is 3. The van der Waals surface area contributed by atoms with Crippen LogP contribution in [-0.4, -0.2) is 14.9 Å². The van der Waals surface area contributed by atoms with Crippen LogP contribution in [0.2, 0.25) is 0 Å². The molecule has 3 nitrogen and oxygen atoms in total. The van der Waals surface area contributed by atoms with Crippen LogP contribution in [-0.2, 0) is 5.54 Å². The summed E-state index contributed by atoms with van der Waals surface area (Å²) in [7, 11) is 0. The fraction of sp³-hybridized carbons (Fsp3) is 0.357. The molecule has 1 aromatic carbocycles. The molecule has 6 heteroatoms. The lowest BCUT2D eigenvalue weighted by Crippen LogP contribution is -2.24. The van der Waals surface area contributed by atoms with Crippen molar-refractivity contribution in [1.29, 1.82) is 0 Å². The van der Waals surface area contributed by atoms with Crippen molar-refractivity contribution in [3.63, 3.8) is 0 Å². The molecule has 0 spiro atoms. The number of aromatic nitrogens is 2. The van der Waals surface area contributed by atoms with Crippen LogP contribution in [0.15, 0.2) is 12.1 Å². The third kappa shape index (κ3) is 2.15. The quantitative estimate of drug-likeness (QED) is 0.810. The lowest BCUT2D eigenvalue weighted by Gasteiger charge is -2.20. The van der Waals surface area contributed by atoms with E-state index in [2.05, 4.69) is 5.10 Å². The zero-order valence-electron chi connectivity index (χ0n) is 11.6. The molecule has 2 aromatic rings. The first-order chi connectivity index (χ1) is 9.14. The molecule has 0 fully saturated rings. The van der Waals surface area contributed by atoms with Gasteiger partial charge in [-0.3, -0.25) is 4.68 Å². The summed E-state index contributed by atoms with van der Waals surface area (Å²) in [5, 5.41) is 14.1. The predicted molar refractivity (Wildman–Crippen MR) is 68.9 cm³/mol. The molecular formula is C14H15F3N2O. The molecule has 20 heavy (non-hydrogen) atoms. The van der Waals surface area contributed by atoms with E-state index in [1.807, 2.05) is 20.8 Å². The second-order valence-electron chi connectivity index (χ2n) is 5.58. The molecular weight excluding hydrogens is 269 g/mol. The number of benzene rings is 1. The van der Waals surface area contributed by atoms with Crippen molar-refractivity contribution >= 4 is 0 Å². The third-order valence-electron chi connectivity index (χ3n) is 3.00. The second-order valence-corrected chi connectivity index (χ2v) is 5.58. The Morgan fingerprint density at radius 1 is 1.10 bits per heavy atom. The number of hydrogen-bond acceptors (Lipinski definition) is 2. The van der Waals surface area contributed by atoms with Crippen LogP contribution in [0, 0.1) is 24.4 Å². The fourth-order valence-corrected chi connectivity index (χ4v) is 2.06. The minimum atomic E-state index is -1.36. The molecule has 0 radical (unpaired) electrons. The maximum absolute atomic E-state index is 13.8. The lowest BCUT2D eigenvalue weighted by molar-refractivity contribution is 0.344. The van der Waals surface area contributed by atoms with Crippen LogP contribution in [0.1, 0.15) is 26.5 Å². The number of nitrogens with zero attached hydrogens (tertiary/aromatic N) is 2. The molecule has 0 unspecified atom stereocenters. The van der Waals surface area contributed by atoms with Gasteiger partial charge in [0.05, 0.1) is 16.8 Å². The van der Waals surface area contributed by atoms with Gasteiger partial charge in [-0.05, 0) is 39.8 Å². The highest BCUT2D eigenvalue weighted by molar-refractivity contribution is 5.68. The molecule has 1 aromatic heterocycles. The molecule has 0 saturated carbocycles. The van der Waals surface area contributed by atoms with E-state index in [0.29, 0.717) is 11.8 Å². The molecule has 0 bridgehead atoms. The molecule has 0 aliphatic rings. The standard InChI is InChI=1S/C14H15F3N2O/c1-7-13(20)12(18-19(7)14(2,3)4)10-8(15)5-6-9(16)11(10)17/h5-6,20H,1-4H3. The molecule has 1 N–H and O–H groups in total. The Hall–Kier alpha value is -1.98. The summed E-state index contributed by atoms with van der Waals surface area (Å²) < 4.78 is 42.3. The Balaban J connectivity index is 2.76. The van der Waals surface area contributed by atoms with Crippen LogP contribution < -0.4 is 0 Å². The Morgan fingerprint density at radius 3 is 2.15 bits per heavy atom. The van der Waals surface area contributed by atoms with Crippen LogP contribution in [0.5, 0.6) is 5.75 Å². The Bertz CT molecular complexity index is 672. The first-order valence-corrected chi connectivity index (χ1v) is 6.07. The van der Waals surface area contributed by atoms with Gasteiger partial charge < -0.3 is 5.11 Å². The molecule has 0 aliphatic carbocycles. The van der Waals surface area contributed by atoms with Crippen molar-refractivity contribution in [3.05, 3.63) is 35.3 Å². The smallest absolute Gasteiger partial charge is 0.171 e. The van der Waals surface area contributed by atoms with Crippen LogP contribution >= 0.6 is 0 Å². The summed E-state index contributed by atoms with van der Waals surface area (Å²) in [6, 6.07) is 1.50. The lowest BCUT2D eigenvalue weighted by atomic mass is 10.1. The summed E-state index contributed by atoms with van der Waals surface area (Å²) in [5.74, 6) is -3.89. The van der Waals surface area contributed by atoms with E-state index in [-0.39, 0.29) is 11.4 Å². The van der Waals surface area contributed by atoms with Gasteiger partial charge in [-0.1, -0.05) is 0 Å². The van der Waals surface area contributed by atoms with Crippen molar-refractivity contribution in [2.24, 2.45) is 0 Å². The van der Waals surface area contributed by atoms with Gasteiger partial charge in [0, 0.05) is 0 Å². The first-order valence-electron chi connectivity index (χ1n) is 6.07. The largest absolute Gasteiger partial charge is 0.504 e. The predicted octanol–water partition coefficient (Wildman–Crippen LogP) is 3.74. The van der Waals surface area contributed by atoms with Gasteiger partial charge in [-0.25, -0.2) is 13.2 Å². The molecule has 108 valence electrons. The fourth-order valence-electron chi connectivity index (χ4n) is 2.06. The average molecular weight is 284 g/mol. The van der Waals surface area contributed by atoms with Crippen LogP contribution in [0.3, 0.4) is 0 Å². The molecule has 2 rings (SSSR count). The van der Waals surface area contributed by atoms with Gasteiger partial charge in [0.2, 0.25) is 0 Å². The topological polar surface area (TPSA) is 38.1 Å². The molecule has 0 atom stereocenters. The Labute approximate surface area is 114 Å². The average Bonchev–Trinajstić information content (AvgIpc) is 2.63. The molecule has 0 amide bonds. The molecule has 1 heterocycles. The highest BCUT2D eigenvalue weighted by Crippen LogP contribution is 2.36. The maximum Gasteiger partial charge on any atom is 0.171 e. The summed E-state index contributed by atoms with van der Waals surface area (Å²) in [6.45, 7) is 7.06. The van der Waals surface area contributed by atoms with Gasteiger partial charge >= 0.3 is 0 Å². The van der Waals surface area contributed by atoms with Crippen molar-refractivity contribution in [2.45, 2.75) is 33.2 Å². The summed E-state index contributed by atoms with van der Waals surface area (Å²) in [5.41, 5.74) is -1.09. The van der Waals surface area contributed by atoms with Gasteiger partial charge in [0.15, 0.2) is 17.4 Å². The van der Waals surface area contributed by atoms with E-state index >= 15 is 0 Å². The molecule has 0 aliphatic heterocycles. The normalized spacial score (nSPS) is 11.9. The van der Waals surface area contributed by atoms with E-state index < -0.39 is 28.6 Å². The minimum Gasteiger partial charge on any atom is -0.504 e. The Morgan fingerprint density at radius 2 is 1.65 bits per heavy atom. The van der Waals surface area contributed by atoms with Gasteiger partial charge in [-0.15, -0.1) is 0 Å². The van der Waals surface area contributed by atoms with E-state index in [1.165, 1.54) is 4.68 Å². The van der Waals surface area contributed by atoms with Crippen LogP contribution in [0.25, 0.3) is 11.3 Å². The first kappa shape index (κ1) is 14.4. The van der Waals surface area contributed by atoms with Crippen molar-refractivity contribution in [1.82, 2.24) is 9.78 Å². The number of aromatic hydroxyl groups is 1. The van der Waals surface area contributed by atoms with Crippen molar-refractivity contribution < 1.29 is 18.3 Å². The monoisotopic (exact) mass is 284 g/mol.